The highest BCUT2D eigenvalue weighted by molar-refractivity contribution is 7.09. The Kier molecular flexibility index (Phi) is 3.79. The molecule has 1 atom stereocenters. The lowest BCUT2D eigenvalue weighted by atomic mass is 10.0. The first-order chi connectivity index (χ1) is 9.78. The molecule has 1 N–H and O–H groups in total. The summed E-state index contributed by atoms with van der Waals surface area (Å²) in [6.45, 7) is 0.868. The van der Waals surface area contributed by atoms with Crippen molar-refractivity contribution in [2.24, 2.45) is 0 Å². The number of benzene rings is 1. The Hall–Kier alpha value is -1.73. The van der Waals surface area contributed by atoms with E-state index < -0.39 is 0 Å². The van der Waals surface area contributed by atoms with E-state index in [2.05, 4.69) is 14.7 Å². The van der Waals surface area contributed by atoms with Gasteiger partial charge in [0.15, 0.2) is 17.4 Å². The zero-order valence-electron chi connectivity index (χ0n) is 10.9. The van der Waals surface area contributed by atoms with E-state index in [1.165, 1.54) is 17.6 Å². The van der Waals surface area contributed by atoms with E-state index in [1.54, 1.807) is 13.2 Å². The van der Waals surface area contributed by atoms with Crippen molar-refractivity contribution < 1.29 is 13.9 Å². The number of hydrogen-bond acceptors (Lipinski definition) is 6. The lowest BCUT2D eigenvalue weighted by molar-refractivity contribution is 0.179. The first kappa shape index (κ1) is 13.3. The Balaban J connectivity index is 1.80. The number of para-hydroxylation sites is 1. The summed E-state index contributed by atoms with van der Waals surface area (Å²) >= 11 is 1.28. The average molecular weight is 295 g/mol. The molecule has 3 rings (SSSR count). The van der Waals surface area contributed by atoms with Crippen LogP contribution in [0.1, 0.15) is 23.9 Å². The molecule has 0 spiro atoms. The van der Waals surface area contributed by atoms with Gasteiger partial charge in [0.1, 0.15) is 6.61 Å². The van der Waals surface area contributed by atoms with Gasteiger partial charge in [-0.05, 0) is 6.07 Å². The molecule has 0 saturated carbocycles. The topological polar surface area (TPSA) is 56.3 Å². The first-order valence-electron chi connectivity index (χ1n) is 6.27. The van der Waals surface area contributed by atoms with Crippen molar-refractivity contribution in [3.05, 3.63) is 35.4 Å². The quantitative estimate of drug-likeness (QED) is 0.940. The van der Waals surface area contributed by atoms with Gasteiger partial charge >= 0.3 is 0 Å². The fraction of sp³-hybridized carbons (Fsp3) is 0.385. The number of fused-ring (bicyclic) bond motifs is 1. The van der Waals surface area contributed by atoms with Gasteiger partial charge in [0.05, 0.1) is 12.6 Å². The minimum atomic E-state index is -0.327. The molecule has 0 radical (unpaired) electrons. The SMILES string of the molecule is COCc1nsc(N[C@H]2CCOc3c(F)cccc32)n1. The van der Waals surface area contributed by atoms with Crippen LogP contribution in [0.25, 0.3) is 0 Å². The summed E-state index contributed by atoms with van der Waals surface area (Å²) in [5, 5.41) is 3.99. The van der Waals surface area contributed by atoms with Crippen LogP contribution in [0.4, 0.5) is 9.52 Å². The summed E-state index contributed by atoms with van der Waals surface area (Å²) in [4.78, 5) is 4.33. The molecule has 0 amide bonds. The maximum absolute atomic E-state index is 13.7. The summed E-state index contributed by atoms with van der Waals surface area (Å²) in [6, 6.07) is 4.95. The molecular weight excluding hydrogens is 281 g/mol. The fourth-order valence-electron chi connectivity index (χ4n) is 2.19. The number of anilines is 1. The van der Waals surface area contributed by atoms with Crippen LogP contribution in [0.3, 0.4) is 0 Å². The molecule has 1 aromatic carbocycles. The van der Waals surface area contributed by atoms with Gasteiger partial charge in [-0.1, -0.05) is 12.1 Å². The molecule has 2 heterocycles. The molecule has 0 aliphatic carbocycles. The number of rotatable bonds is 4. The highest BCUT2D eigenvalue weighted by Gasteiger charge is 2.24. The first-order valence-corrected chi connectivity index (χ1v) is 7.04. The van der Waals surface area contributed by atoms with Crippen LogP contribution in [-0.4, -0.2) is 23.1 Å². The van der Waals surface area contributed by atoms with Gasteiger partial charge in [-0.15, -0.1) is 0 Å². The standard InChI is InChI=1S/C13H14FN3O2S/c1-18-7-11-16-13(20-17-11)15-10-5-6-19-12-8(10)3-2-4-9(12)14/h2-4,10H,5-7H2,1H3,(H,15,16,17)/t10-/m0/s1. The van der Waals surface area contributed by atoms with Gasteiger partial charge in [-0.25, -0.2) is 9.37 Å². The number of nitrogens with zero attached hydrogens (tertiary/aromatic N) is 2. The summed E-state index contributed by atoms with van der Waals surface area (Å²) in [5.74, 6) is 0.649. The summed E-state index contributed by atoms with van der Waals surface area (Å²) in [6.07, 6.45) is 0.760. The van der Waals surface area contributed by atoms with E-state index in [4.69, 9.17) is 9.47 Å². The van der Waals surface area contributed by atoms with E-state index in [0.717, 1.165) is 12.0 Å². The number of nitrogens with one attached hydrogen (secondary N) is 1. The third-order valence-corrected chi connectivity index (χ3v) is 3.75. The van der Waals surface area contributed by atoms with Crippen molar-refractivity contribution in [2.45, 2.75) is 19.1 Å². The van der Waals surface area contributed by atoms with Gasteiger partial charge in [0, 0.05) is 30.6 Å². The number of halogens is 1. The second-order valence-corrected chi connectivity index (χ2v) is 5.19. The largest absolute Gasteiger partial charge is 0.490 e. The van der Waals surface area contributed by atoms with Gasteiger partial charge in [-0.3, -0.25) is 0 Å². The molecule has 1 aliphatic rings. The van der Waals surface area contributed by atoms with Crippen LogP contribution in [0.15, 0.2) is 18.2 Å². The number of ether oxygens (including phenoxy) is 2. The highest BCUT2D eigenvalue weighted by atomic mass is 32.1. The molecule has 7 heteroatoms. The molecule has 0 fully saturated rings. The maximum Gasteiger partial charge on any atom is 0.203 e. The van der Waals surface area contributed by atoms with Gasteiger partial charge in [-0.2, -0.15) is 4.37 Å². The lowest BCUT2D eigenvalue weighted by Gasteiger charge is -2.26. The predicted molar refractivity (Wildman–Crippen MR) is 73.5 cm³/mol. The molecule has 106 valence electrons. The molecule has 5 nitrogen and oxygen atoms in total. The van der Waals surface area contributed by atoms with Crippen LogP contribution in [0, 0.1) is 5.82 Å². The highest BCUT2D eigenvalue weighted by Crippen LogP contribution is 2.36. The second kappa shape index (κ2) is 5.72. The van der Waals surface area contributed by atoms with Gasteiger partial charge in [0.2, 0.25) is 5.13 Å². The monoisotopic (exact) mass is 295 g/mol. The second-order valence-electron chi connectivity index (χ2n) is 4.44. The van der Waals surface area contributed by atoms with Crippen molar-refractivity contribution >= 4 is 16.7 Å². The van der Waals surface area contributed by atoms with Crippen LogP contribution >= 0.6 is 11.5 Å². The predicted octanol–water partition coefficient (Wildman–Crippen LogP) is 2.76. The number of aromatic nitrogens is 2. The lowest BCUT2D eigenvalue weighted by Crippen LogP contribution is -2.21. The van der Waals surface area contributed by atoms with Crippen LogP contribution < -0.4 is 10.1 Å². The molecule has 0 unspecified atom stereocenters. The fourth-order valence-corrected chi connectivity index (χ4v) is 2.81. The van der Waals surface area contributed by atoms with Crippen LogP contribution in [0.5, 0.6) is 5.75 Å². The Morgan fingerprint density at radius 2 is 2.45 bits per heavy atom. The smallest absolute Gasteiger partial charge is 0.203 e. The van der Waals surface area contributed by atoms with Crippen molar-refractivity contribution in [2.75, 3.05) is 19.0 Å². The van der Waals surface area contributed by atoms with E-state index in [1.807, 2.05) is 6.07 Å². The molecule has 0 bridgehead atoms. The van der Waals surface area contributed by atoms with E-state index in [9.17, 15) is 4.39 Å². The summed E-state index contributed by atoms with van der Waals surface area (Å²) in [7, 11) is 1.60. The normalized spacial score (nSPS) is 17.4. The number of methoxy groups -OCH3 is 1. The maximum atomic E-state index is 13.7. The van der Waals surface area contributed by atoms with Gasteiger partial charge < -0.3 is 14.8 Å². The van der Waals surface area contributed by atoms with Crippen molar-refractivity contribution in [1.29, 1.82) is 0 Å². The molecular formula is C13H14FN3O2S. The zero-order chi connectivity index (χ0) is 13.9. The summed E-state index contributed by atoms with van der Waals surface area (Å²) in [5.41, 5.74) is 0.819. The molecule has 0 saturated heterocycles. The zero-order valence-corrected chi connectivity index (χ0v) is 11.7. The van der Waals surface area contributed by atoms with Gasteiger partial charge in [0.25, 0.3) is 0 Å². The van der Waals surface area contributed by atoms with E-state index in [-0.39, 0.29) is 11.9 Å². The van der Waals surface area contributed by atoms with Crippen molar-refractivity contribution in [1.82, 2.24) is 9.36 Å². The van der Waals surface area contributed by atoms with E-state index in [0.29, 0.717) is 29.9 Å². The van der Waals surface area contributed by atoms with Crippen LogP contribution in [0.2, 0.25) is 0 Å². The van der Waals surface area contributed by atoms with Crippen molar-refractivity contribution in [3.63, 3.8) is 0 Å². The third-order valence-electron chi connectivity index (χ3n) is 3.07. The van der Waals surface area contributed by atoms with Crippen molar-refractivity contribution in [3.8, 4) is 5.75 Å². The molecule has 2 aromatic rings. The Morgan fingerprint density at radius 3 is 3.30 bits per heavy atom. The molecule has 1 aliphatic heterocycles. The third kappa shape index (κ3) is 2.59. The minimum absolute atomic E-state index is 0.0159. The Morgan fingerprint density at radius 1 is 1.55 bits per heavy atom. The number of hydrogen-bond donors (Lipinski definition) is 1. The Bertz CT molecular complexity index is 605. The summed E-state index contributed by atoms with van der Waals surface area (Å²) < 4.78 is 28.3. The average Bonchev–Trinajstić information content (AvgIpc) is 2.88. The molecule has 20 heavy (non-hydrogen) atoms. The van der Waals surface area contributed by atoms with Crippen LogP contribution in [-0.2, 0) is 11.3 Å². The van der Waals surface area contributed by atoms with E-state index >= 15 is 0 Å². The Labute approximate surface area is 119 Å². The minimum Gasteiger partial charge on any atom is -0.490 e. The molecule has 1 aromatic heterocycles.